The van der Waals surface area contributed by atoms with E-state index in [0.717, 1.165) is 45.5 Å². The van der Waals surface area contributed by atoms with Crippen LogP contribution in [0.1, 0.15) is 0 Å². The van der Waals surface area contributed by atoms with Crippen LogP contribution in [0.3, 0.4) is 0 Å². The number of aliphatic hydroxyl groups is 1. The highest BCUT2D eigenvalue weighted by molar-refractivity contribution is 4.83. The molecule has 0 spiro atoms. The monoisotopic (exact) mass is 182 g/mol. The Morgan fingerprint density at radius 1 is 1.08 bits per heavy atom. The second-order valence-corrected chi connectivity index (χ2v) is 3.27. The third-order valence-electron chi connectivity index (χ3n) is 2.32. The van der Waals surface area contributed by atoms with Gasteiger partial charge in [0.2, 0.25) is 0 Å². The Morgan fingerprint density at radius 2 is 1.62 bits per heavy atom. The van der Waals surface area contributed by atoms with E-state index in [9.17, 15) is 0 Å². The predicted octanol–water partition coefficient (Wildman–Crippen LogP) is 0.862. The Morgan fingerprint density at radius 3 is 2.08 bits per heavy atom. The standard InChI is InChI=1S/C10H18N2O/c1-2-4-11-6-8-12(9-7-11)5-3-10-13/h2-3,10,13H,1,4-9H2. The Bertz CT molecular complexity index is 172. The molecule has 1 N–H and O–H groups in total. The minimum Gasteiger partial charge on any atom is -0.516 e. The third-order valence-corrected chi connectivity index (χ3v) is 2.32. The highest BCUT2D eigenvalue weighted by atomic mass is 16.2. The van der Waals surface area contributed by atoms with Gasteiger partial charge in [0.05, 0.1) is 6.26 Å². The molecule has 1 rings (SSSR count). The lowest BCUT2D eigenvalue weighted by molar-refractivity contribution is 0.153. The molecule has 3 heteroatoms. The van der Waals surface area contributed by atoms with Gasteiger partial charge in [-0.1, -0.05) is 6.08 Å². The van der Waals surface area contributed by atoms with Crippen LogP contribution in [-0.4, -0.2) is 54.2 Å². The largest absolute Gasteiger partial charge is 0.516 e. The van der Waals surface area contributed by atoms with Crippen molar-refractivity contribution in [3.63, 3.8) is 0 Å². The molecule has 0 aromatic rings. The summed E-state index contributed by atoms with van der Waals surface area (Å²) in [5, 5.41) is 8.50. The van der Waals surface area contributed by atoms with Crippen molar-refractivity contribution in [1.82, 2.24) is 9.80 Å². The summed E-state index contributed by atoms with van der Waals surface area (Å²) >= 11 is 0. The third kappa shape index (κ3) is 3.61. The molecule has 0 amide bonds. The van der Waals surface area contributed by atoms with Crippen molar-refractivity contribution in [2.75, 3.05) is 39.3 Å². The first kappa shape index (κ1) is 10.3. The average Bonchev–Trinajstić information content (AvgIpc) is 2.17. The predicted molar refractivity (Wildman–Crippen MR) is 54.8 cm³/mol. The first-order chi connectivity index (χ1) is 6.36. The van der Waals surface area contributed by atoms with E-state index in [1.807, 2.05) is 6.08 Å². The summed E-state index contributed by atoms with van der Waals surface area (Å²) in [6, 6.07) is 0. The van der Waals surface area contributed by atoms with Crippen molar-refractivity contribution < 1.29 is 5.11 Å². The second kappa shape index (κ2) is 5.78. The molecule has 0 aliphatic carbocycles. The van der Waals surface area contributed by atoms with Crippen molar-refractivity contribution in [2.45, 2.75) is 0 Å². The lowest BCUT2D eigenvalue weighted by Crippen LogP contribution is -2.46. The molecule has 0 radical (unpaired) electrons. The smallest absolute Gasteiger partial charge is 0.0764 e. The van der Waals surface area contributed by atoms with Crippen LogP contribution in [0.15, 0.2) is 25.0 Å². The highest BCUT2D eigenvalue weighted by Gasteiger charge is 2.13. The molecule has 1 fully saturated rings. The minimum atomic E-state index is 0.860. The van der Waals surface area contributed by atoms with Crippen molar-refractivity contribution in [1.29, 1.82) is 0 Å². The molecule has 3 nitrogen and oxygen atoms in total. The van der Waals surface area contributed by atoms with Gasteiger partial charge in [0.15, 0.2) is 0 Å². The van der Waals surface area contributed by atoms with Crippen LogP contribution in [0.25, 0.3) is 0 Å². The molecule has 1 aliphatic rings. The van der Waals surface area contributed by atoms with Gasteiger partial charge < -0.3 is 5.11 Å². The van der Waals surface area contributed by atoms with Gasteiger partial charge in [-0.15, -0.1) is 6.58 Å². The van der Waals surface area contributed by atoms with E-state index in [4.69, 9.17) is 5.11 Å². The first-order valence-electron chi connectivity index (χ1n) is 4.71. The molecule has 0 aromatic heterocycles. The molecule has 74 valence electrons. The Labute approximate surface area is 80.0 Å². The van der Waals surface area contributed by atoms with Gasteiger partial charge in [0.25, 0.3) is 0 Å². The number of aliphatic hydroxyl groups excluding tert-OH is 1. The lowest BCUT2D eigenvalue weighted by atomic mass is 10.3. The normalized spacial score (nSPS) is 20.9. The topological polar surface area (TPSA) is 26.7 Å². The molecule has 0 atom stereocenters. The van der Waals surface area contributed by atoms with Crippen molar-refractivity contribution >= 4 is 0 Å². The van der Waals surface area contributed by atoms with E-state index < -0.39 is 0 Å². The van der Waals surface area contributed by atoms with Gasteiger partial charge in [0, 0.05) is 39.3 Å². The molecular weight excluding hydrogens is 164 g/mol. The number of rotatable bonds is 4. The summed E-state index contributed by atoms with van der Waals surface area (Å²) in [4.78, 5) is 4.71. The van der Waals surface area contributed by atoms with Gasteiger partial charge in [-0.25, -0.2) is 0 Å². The van der Waals surface area contributed by atoms with Crippen LogP contribution in [0.2, 0.25) is 0 Å². The molecule has 0 bridgehead atoms. The van der Waals surface area contributed by atoms with Gasteiger partial charge in [-0.2, -0.15) is 0 Å². The fourth-order valence-corrected chi connectivity index (χ4v) is 1.53. The Kier molecular flexibility index (Phi) is 4.57. The fourth-order valence-electron chi connectivity index (χ4n) is 1.53. The Hall–Kier alpha value is -0.800. The van der Waals surface area contributed by atoms with E-state index in [1.165, 1.54) is 0 Å². The van der Waals surface area contributed by atoms with Crippen molar-refractivity contribution in [2.24, 2.45) is 0 Å². The van der Waals surface area contributed by atoms with Gasteiger partial charge in [-0.05, 0) is 6.08 Å². The zero-order valence-electron chi connectivity index (χ0n) is 8.02. The van der Waals surface area contributed by atoms with Crippen LogP contribution >= 0.6 is 0 Å². The molecule has 0 aromatic carbocycles. The quantitative estimate of drug-likeness (QED) is 0.516. The SMILES string of the molecule is C=CCN1CCN(CC=CO)CC1. The minimum absolute atomic E-state index is 0.860. The summed E-state index contributed by atoms with van der Waals surface area (Å²) in [5.74, 6) is 0. The van der Waals surface area contributed by atoms with E-state index in [-0.39, 0.29) is 0 Å². The summed E-state index contributed by atoms with van der Waals surface area (Å²) < 4.78 is 0. The molecule has 1 saturated heterocycles. The Balaban J connectivity index is 2.18. The molecule has 13 heavy (non-hydrogen) atoms. The molecule has 0 saturated carbocycles. The number of hydrogen-bond donors (Lipinski definition) is 1. The van der Waals surface area contributed by atoms with E-state index in [0.29, 0.717) is 0 Å². The van der Waals surface area contributed by atoms with E-state index >= 15 is 0 Å². The van der Waals surface area contributed by atoms with Crippen molar-refractivity contribution in [3.8, 4) is 0 Å². The van der Waals surface area contributed by atoms with Gasteiger partial charge >= 0.3 is 0 Å². The molecule has 1 heterocycles. The summed E-state index contributed by atoms with van der Waals surface area (Å²) in [6.07, 6.45) is 4.85. The molecule has 0 unspecified atom stereocenters. The summed E-state index contributed by atoms with van der Waals surface area (Å²) in [5.41, 5.74) is 0. The number of hydrogen-bond acceptors (Lipinski definition) is 3. The maximum absolute atomic E-state index is 8.50. The van der Waals surface area contributed by atoms with Gasteiger partial charge in [0.1, 0.15) is 0 Å². The first-order valence-corrected chi connectivity index (χ1v) is 4.71. The molecular formula is C10H18N2O. The zero-order chi connectivity index (χ0) is 9.52. The van der Waals surface area contributed by atoms with Crippen LogP contribution in [0, 0.1) is 0 Å². The number of nitrogens with zero attached hydrogens (tertiary/aromatic N) is 2. The van der Waals surface area contributed by atoms with Crippen molar-refractivity contribution in [3.05, 3.63) is 25.0 Å². The summed E-state index contributed by atoms with van der Waals surface area (Å²) in [7, 11) is 0. The number of piperazine rings is 1. The van der Waals surface area contributed by atoms with Gasteiger partial charge in [-0.3, -0.25) is 9.80 Å². The highest BCUT2D eigenvalue weighted by Crippen LogP contribution is 2.00. The summed E-state index contributed by atoms with van der Waals surface area (Å²) in [6.45, 7) is 9.94. The van der Waals surface area contributed by atoms with Crippen LogP contribution in [0.4, 0.5) is 0 Å². The van der Waals surface area contributed by atoms with Crippen LogP contribution < -0.4 is 0 Å². The van der Waals surface area contributed by atoms with E-state index in [1.54, 1.807) is 6.08 Å². The second-order valence-electron chi connectivity index (χ2n) is 3.27. The maximum Gasteiger partial charge on any atom is 0.0764 e. The van der Waals surface area contributed by atoms with Crippen LogP contribution in [0.5, 0.6) is 0 Å². The van der Waals surface area contributed by atoms with Crippen LogP contribution in [-0.2, 0) is 0 Å². The molecule has 1 aliphatic heterocycles. The van der Waals surface area contributed by atoms with E-state index in [2.05, 4.69) is 16.4 Å². The average molecular weight is 182 g/mol. The fraction of sp³-hybridized carbons (Fsp3) is 0.600. The maximum atomic E-state index is 8.50. The zero-order valence-corrected chi connectivity index (χ0v) is 8.02. The lowest BCUT2D eigenvalue weighted by Gasteiger charge is -2.33.